The molecule has 0 amide bonds. The van der Waals surface area contributed by atoms with Gasteiger partial charge >= 0.3 is 0 Å². The summed E-state index contributed by atoms with van der Waals surface area (Å²) < 4.78 is 25.0. The number of nitrogens with zero attached hydrogens (tertiary/aromatic N) is 2. The second-order valence-electron chi connectivity index (χ2n) is 2.32. The standard InChI is InChI=1S/C8H3F2IN2O/c9-8(10)7-5(11)1-4(3-14)13-6(7)2-12/h1,3,8H. The molecule has 0 aliphatic rings. The lowest BCUT2D eigenvalue weighted by molar-refractivity contribution is 0.111. The molecule has 72 valence electrons. The highest BCUT2D eigenvalue weighted by Crippen LogP contribution is 2.26. The Morgan fingerprint density at radius 1 is 1.64 bits per heavy atom. The van der Waals surface area contributed by atoms with Crippen LogP contribution in [0.5, 0.6) is 0 Å². The van der Waals surface area contributed by atoms with Gasteiger partial charge in [0.2, 0.25) is 0 Å². The molecule has 0 radical (unpaired) electrons. The Bertz CT molecular complexity index is 415. The van der Waals surface area contributed by atoms with Crippen molar-refractivity contribution >= 4 is 28.9 Å². The number of carbonyl (C=O) groups excluding carboxylic acids is 1. The summed E-state index contributed by atoms with van der Waals surface area (Å²) in [7, 11) is 0. The topological polar surface area (TPSA) is 53.8 Å². The van der Waals surface area contributed by atoms with Crippen LogP contribution in [0.15, 0.2) is 6.07 Å². The molecule has 14 heavy (non-hydrogen) atoms. The quantitative estimate of drug-likeness (QED) is 0.622. The molecule has 1 rings (SSSR count). The van der Waals surface area contributed by atoms with Crippen molar-refractivity contribution in [1.29, 1.82) is 5.26 Å². The van der Waals surface area contributed by atoms with Crippen LogP contribution >= 0.6 is 22.6 Å². The average Bonchev–Trinajstić information content (AvgIpc) is 2.15. The number of nitriles is 1. The van der Waals surface area contributed by atoms with Crippen LogP contribution < -0.4 is 0 Å². The second kappa shape index (κ2) is 4.41. The summed E-state index contributed by atoms with van der Waals surface area (Å²) in [6, 6.07) is 2.76. The Labute approximate surface area is 91.9 Å². The minimum atomic E-state index is -2.76. The van der Waals surface area contributed by atoms with Gasteiger partial charge in [-0.05, 0) is 28.7 Å². The molecule has 0 atom stereocenters. The smallest absolute Gasteiger partial charge is 0.267 e. The van der Waals surface area contributed by atoms with E-state index in [9.17, 15) is 13.6 Å². The van der Waals surface area contributed by atoms with E-state index in [4.69, 9.17) is 5.26 Å². The number of pyridine rings is 1. The fourth-order valence-electron chi connectivity index (χ4n) is 0.895. The number of hydrogen-bond acceptors (Lipinski definition) is 3. The summed E-state index contributed by atoms with van der Waals surface area (Å²) in [5.74, 6) is 0. The van der Waals surface area contributed by atoms with Gasteiger partial charge in [-0.15, -0.1) is 0 Å². The van der Waals surface area contributed by atoms with Gasteiger partial charge in [-0.3, -0.25) is 4.79 Å². The van der Waals surface area contributed by atoms with Crippen molar-refractivity contribution in [2.24, 2.45) is 0 Å². The molecule has 1 aromatic heterocycles. The lowest BCUT2D eigenvalue weighted by Gasteiger charge is -2.04. The summed E-state index contributed by atoms with van der Waals surface area (Å²) in [6.45, 7) is 0. The molecular weight excluding hydrogens is 305 g/mol. The molecule has 0 aromatic carbocycles. The predicted molar refractivity (Wildman–Crippen MR) is 52.0 cm³/mol. The first kappa shape index (κ1) is 11.0. The second-order valence-corrected chi connectivity index (χ2v) is 3.48. The monoisotopic (exact) mass is 308 g/mol. The number of aromatic nitrogens is 1. The zero-order valence-corrected chi connectivity index (χ0v) is 8.83. The molecule has 0 unspecified atom stereocenters. The highest BCUT2D eigenvalue weighted by molar-refractivity contribution is 14.1. The molecule has 1 aromatic rings. The van der Waals surface area contributed by atoms with E-state index in [1.54, 1.807) is 22.6 Å². The highest BCUT2D eigenvalue weighted by Gasteiger charge is 2.19. The van der Waals surface area contributed by atoms with Crippen LogP contribution in [0.4, 0.5) is 8.78 Å². The van der Waals surface area contributed by atoms with Crippen molar-refractivity contribution < 1.29 is 13.6 Å². The van der Waals surface area contributed by atoms with Gasteiger partial charge in [-0.1, -0.05) is 0 Å². The summed E-state index contributed by atoms with van der Waals surface area (Å²) in [5.41, 5.74) is -0.831. The van der Waals surface area contributed by atoms with Gasteiger partial charge in [0, 0.05) is 3.57 Å². The number of hydrogen-bond donors (Lipinski definition) is 0. The van der Waals surface area contributed by atoms with E-state index in [-0.39, 0.29) is 9.26 Å². The third-order valence-corrected chi connectivity index (χ3v) is 2.37. The fourth-order valence-corrected chi connectivity index (χ4v) is 1.71. The van der Waals surface area contributed by atoms with Gasteiger partial charge in [0.05, 0.1) is 5.56 Å². The Balaban J connectivity index is 3.44. The summed E-state index contributed by atoms with van der Waals surface area (Å²) in [5, 5.41) is 8.55. The minimum absolute atomic E-state index is 0.0182. The summed E-state index contributed by atoms with van der Waals surface area (Å²) in [4.78, 5) is 13.8. The van der Waals surface area contributed by atoms with Crippen LogP contribution in [0, 0.1) is 14.9 Å². The SMILES string of the molecule is N#Cc1nc(C=O)cc(I)c1C(F)F. The van der Waals surface area contributed by atoms with E-state index in [0.717, 1.165) is 0 Å². The Morgan fingerprint density at radius 3 is 2.71 bits per heavy atom. The maximum Gasteiger partial charge on any atom is 0.267 e. The lowest BCUT2D eigenvalue weighted by Crippen LogP contribution is -2.01. The van der Waals surface area contributed by atoms with Crippen molar-refractivity contribution in [2.75, 3.05) is 0 Å². The number of aldehydes is 1. The predicted octanol–water partition coefficient (Wildman–Crippen LogP) is 2.31. The van der Waals surface area contributed by atoms with Crippen molar-refractivity contribution in [3.63, 3.8) is 0 Å². The normalized spacial score (nSPS) is 9.93. The average molecular weight is 308 g/mol. The lowest BCUT2D eigenvalue weighted by atomic mass is 10.2. The van der Waals surface area contributed by atoms with Gasteiger partial charge in [0.25, 0.3) is 6.43 Å². The third-order valence-electron chi connectivity index (χ3n) is 1.47. The molecule has 0 N–H and O–H groups in total. The third kappa shape index (κ3) is 2.04. The molecule has 0 bridgehead atoms. The Morgan fingerprint density at radius 2 is 2.29 bits per heavy atom. The summed E-state index contributed by atoms with van der Waals surface area (Å²) >= 11 is 1.64. The van der Waals surface area contributed by atoms with Crippen molar-refractivity contribution in [1.82, 2.24) is 4.98 Å². The molecular formula is C8H3F2IN2O. The molecule has 0 aliphatic carbocycles. The van der Waals surface area contributed by atoms with Crippen LogP contribution in [-0.2, 0) is 0 Å². The molecule has 0 spiro atoms. The maximum atomic E-state index is 12.4. The van der Waals surface area contributed by atoms with Crippen LogP contribution in [0.1, 0.15) is 28.2 Å². The highest BCUT2D eigenvalue weighted by atomic mass is 127. The van der Waals surface area contributed by atoms with Crippen molar-refractivity contribution in [2.45, 2.75) is 6.43 Å². The Hall–Kier alpha value is -1.10. The van der Waals surface area contributed by atoms with E-state index in [0.29, 0.717) is 6.29 Å². The first-order chi connectivity index (χ1) is 6.60. The number of carbonyl (C=O) groups is 1. The molecule has 0 fully saturated rings. The first-order valence-corrected chi connectivity index (χ1v) is 4.52. The maximum absolute atomic E-state index is 12.4. The van der Waals surface area contributed by atoms with Crippen LogP contribution in [0.2, 0.25) is 0 Å². The van der Waals surface area contributed by atoms with Crippen LogP contribution in [0.3, 0.4) is 0 Å². The number of halogens is 3. The molecule has 3 nitrogen and oxygen atoms in total. The van der Waals surface area contributed by atoms with Gasteiger partial charge in [-0.25, -0.2) is 13.8 Å². The Kier molecular flexibility index (Phi) is 3.46. The van der Waals surface area contributed by atoms with E-state index in [1.165, 1.54) is 12.1 Å². The van der Waals surface area contributed by atoms with Crippen molar-refractivity contribution in [3.05, 3.63) is 26.6 Å². The fraction of sp³-hybridized carbons (Fsp3) is 0.125. The van der Waals surface area contributed by atoms with E-state index < -0.39 is 17.7 Å². The van der Waals surface area contributed by atoms with Gasteiger partial charge in [0.15, 0.2) is 12.0 Å². The molecule has 6 heteroatoms. The largest absolute Gasteiger partial charge is 0.296 e. The molecule has 0 aliphatic heterocycles. The zero-order valence-electron chi connectivity index (χ0n) is 6.67. The molecule has 0 saturated heterocycles. The van der Waals surface area contributed by atoms with Crippen molar-refractivity contribution in [3.8, 4) is 6.07 Å². The van der Waals surface area contributed by atoms with Gasteiger partial charge < -0.3 is 0 Å². The zero-order chi connectivity index (χ0) is 10.7. The first-order valence-electron chi connectivity index (χ1n) is 3.44. The minimum Gasteiger partial charge on any atom is -0.296 e. The molecule has 0 saturated carbocycles. The van der Waals surface area contributed by atoms with Crippen LogP contribution in [0.25, 0.3) is 0 Å². The van der Waals surface area contributed by atoms with Gasteiger partial charge in [0.1, 0.15) is 11.8 Å². The number of alkyl halides is 2. The van der Waals surface area contributed by atoms with E-state index in [2.05, 4.69) is 4.98 Å². The van der Waals surface area contributed by atoms with Crippen LogP contribution in [-0.4, -0.2) is 11.3 Å². The van der Waals surface area contributed by atoms with E-state index >= 15 is 0 Å². The van der Waals surface area contributed by atoms with E-state index in [1.807, 2.05) is 0 Å². The molecule has 1 heterocycles. The summed E-state index contributed by atoms with van der Waals surface area (Å²) in [6.07, 6.45) is -2.34. The van der Waals surface area contributed by atoms with Gasteiger partial charge in [-0.2, -0.15) is 5.26 Å². The number of rotatable bonds is 2.